The van der Waals surface area contributed by atoms with E-state index >= 15 is 0 Å². The van der Waals surface area contributed by atoms with Crippen molar-refractivity contribution in [1.82, 2.24) is 10.2 Å². The number of Topliss-reactive ketones (excluding diaryl/α,β-unsaturated/α-hetero) is 2. The number of carbonyl (C=O) groups excluding carboxylic acids is 3. The second-order valence-corrected chi connectivity index (χ2v) is 12.9. The van der Waals surface area contributed by atoms with Crippen LogP contribution in [0.2, 0.25) is 5.02 Å². The van der Waals surface area contributed by atoms with Gasteiger partial charge in [0.2, 0.25) is 23.1 Å². The van der Waals surface area contributed by atoms with Crippen LogP contribution in [0.25, 0.3) is 11.3 Å². The number of nitrogens with one attached hydrogen (secondary N) is 1. The lowest BCUT2D eigenvalue weighted by Gasteiger charge is -2.35. The van der Waals surface area contributed by atoms with Gasteiger partial charge in [-0.15, -0.1) is 0 Å². The number of fused-ring (bicyclic) bond motifs is 2. The van der Waals surface area contributed by atoms with E-state index in [2.05, 4.69) is 10.2 Å². The van der Waals surface area contributed by atoms with Crippen LogP contribution >= 0.6 is 11.6 Å². The lowest BCUT2D eigenvalue weighted by Crippen LogP contribution is -2.56. The van der Waals surface area contributed by atoms with Crippen LogP contribution < -0.4 is 24.3 Å². The molecule has 0 bridgehead atoms. The minimum atomic E-state index is -1.97. The summed E-state index contributed by atoms with van der Waals surface area (Å²) in [5.74, 6) is 0.295. The Morgan fingerprint density at radius 3 is 2.40 bits per heavy atom. The molecule has 1 unspecified atom stereocenters. The fraction of sp³-hybridized carbons (Fsp3) is 0.378. The number of ether oxygens (including phenoxy) is 5. The Bertz CT molecular complexity index is 1930. The van der Waals surface area contributed by atoms with Crippen molar-refractivity contribution in [3.05, 3.63) is 82.0 Å². The van der Waals surface area contributed by atoms with Crippen LogP contribution in [0.15, 0.2) is 57.6 Å². The highest BCUT2D eigenvalue weighted by molar-refractivity contribution is 6.36. The Morgan fingerprint density at radius 1 is 1.02 bits per heavy atom. The molecule has 1 fully saturated rings. The number of hydrogen-bond acceptors (Lipinski definition) is 11. The molecule has 1 N–H and O–H groups in total. The predicted molar refractivity (Wildman–Crippen MR) is 181 cm³/mol. The molecule has 3 atom stereocenters. The van der Waals surface area contributed by atoms with E-state index in [-0.39, 0.29) is 64.7 Å². The number of morpholine rings is 1. The summed E-state index contributed by atoms with van der Waals surface area (Å²) in [6, 6.07) is 12.1. The van der Waals surface area contributed by atoms with Gasteiger partial charge in [-0.05, 0) is 36.4 Å². The number of benzene rings is 2. The Labute approximate surface area is 293 Å². The summed E-state index contributed by atoms with van der Waals surface area (Å²) in [4.78, 5) is 45.3. The Morgan fingerprint density at radius 2 is 1.74 bits per heavy atom. The van der Waals surface area contributed by atoms with Crippen LogP contribution in [0.3, 0.4) is 0 Å². The van der Waals surface area contributed by atoms with Gasteiger partial charge in [0.15, 0.2) is 5.75 Å². The number of furan rings is 2. The topological polar surface area (TPSA) is 139 Å². The molecule has 1 spiro atoms. The Hall–Kier alpha value is -4.78. The molecular formula is C37H37ClN2O10. The van der Waals surface area contributed by atoms with Crippen molar-refractivity contribution in [2.45, 2.75) is 31.4 Å². The van der Waals surface area contributed by atoms with E-state index in [4.69, 9.17) is 44.1 Å². The first kappa shape index (κ1) is 33.7. The Balaban J connectivity index is 1.26. The SMILES string of the molecule is COc1ccc(-c2oc3c(c2CC(=O)NCC(c2ccco2)N2CCOCC2)C(=O)[C@@]2(Oc4c(Cl)c(OC)cc(OC)c4C2=O)[C@H](C)C3)cc1. The largest absolute Gasteiger partial charge is 0.497 e. The maximum Gasteiger partial charge on any atom is 0.237 e. The summed E-state index contributed by atoms with van der Waals surface area (Å²) in [5.41, 5.74) is -0.778. The number of rotatable bonds is 10. The Kier molecular flexibility index (Phi) is 9.10. The van der Waals surface area contributed by atoms with Crippen molar-refractivity contribution in [2.24, 2.45) is 5.92 Å². The van der Waals surface area contributed by atoms with Crippen LogP contribution in [0.1, 0.15) is 50.8 Å². The number of nitrogens with zero attached hydrogens (tertiary/aromatic N) is 1. The summed E-state index contributed by atoms with van der Waals surface area (Å²) in [7, 11) is 4.41. The fourth-order valence-corrected chi connectivity index (χ4v) is 7.45. The van der Waals surface area contributed by atoms with Gasteiger partial charge in [-0.2, -0.15) is 0 Å². The second-order valence-electron chi connectivity index (χ2n) is 12.5. The van der Waals surface area contributed by atoms with E-state index in [1.165, 1.54) is 20.3 Å². The molecular weight excluding hydrogens is 668 g/mol. The van der Waals surface area contributed by atoms with Crippen molar-refractivity contribution in [1.29, 1.82) is 0 Å². The van der Waals surface area contributed by atoms with E-state index in [0.29, 0.717) is 54.7 Å². The molecule has 2 aliphatic heterocycles. The van der Waals surface area contributed by atoms with Gasteiger partial charge in [-0.25, -0.2) is 0 Å². The number of amides is 1. The zero-order chi connectivity index (χ0) is 35.2. The van der Waals surface area contributed by atoms with Gasteiger partial charge in [0.1, 0.15) is 45.1 Å². The molecule has 1 saturated heterocycles. The van der Waals surface area contributed by atoms with E-state index in [1.54, 1.807) is 44.6 Å². The number of halogens is 1. The first-order valence-electron chi connectivity index (χ1n) is 16.4. The maximum absolute atomic E-state index is 14.9. The van der Waals surface area contributed by atoms with Crippen molar-refractivity contribution < 1.29 is 46.9 Å². The highest BCUT2D eigenvalue weighted by atomic mass is 35.5. The van der Waals surface area contributed by atoms with Gasteiger partial charge in [-0.3, -0.25) is 19.3 Å². The summed E-state index contributed by atoms with van der Waals surface area (Å²) < 4.78 is 40.3. The normalized spacial score (nSPS) is 20.6. The molecule has 1 amide bonds. The monoisotopic (exact) mass is 704 g/mol. The van der Waals surface area contributed by atoms with Crippen molar-refractivity contribution >= 4 is 29.1 Å². The minimum absolute atomic E-state index is 0.0155. The van der Waals surface area contributed by atoms with Crippen molar-refractivity contribution in [2.75, 3.05) is 54.2 Å². The van der Waals surface area contributed by atoms with Crippen LogP contribution in [0, 0.1) is 5.92 Å². The first-order valence-corrected chi connectivity index (χ1v) is 16.7. The minimum Gasteiger partial charge on any atom is -0.497 e. The van der Waals surface area contributed by atoms with E-state index < -0.39 is 23.1 Å². The molecule has 2 aromatic carbocycles. The van der Waals surface area contributed by atoms with Gasteiger partial charge in [0, 0.05) is 49.2 Å². The first-order chi connectivity index (χ1) is 24.2. The van der Waals surface area contributed by atoms with Crippen LogP contribution in [-0.2, 0) is 22.4 Å². The molecule has 12 nitrogen and oxygen atoms in total. The summed E-state index contributed by atoms with van der Waals surface area (Å²) in [6.45, 7) is 4.54. The molecule has 0 radical (unpaired) electrons. The molecule has 1 aliphatic carbocycles. The van der Waals surface area contributed by atoms with E-state index in [0.717, 1.165) is 5.76 Å². The third-order valence-electron chi connectivity index (χ3n) is 9.79. The number of methoxy groups -OCH3 is 3. The number of ketones is 2. The number of hydrogen-bond donors (Lipinski definition) is 1. The lowest BCUT2D eigenvalue weighted by molar-refractivity contribution is -0.120. The van der Waals surface area contributed by atoms with Crippen molar-refractivity contribution in [3.8, 4) is 34.3 Å². The van der Waals surface area contributed by atoms with E-state index in [9.17, 15) is 14.4 Å². The molecule has 50 heavy (non-hydrogen) atoms. The molecule has 0 saturated carbocycles. The molecule has 7 rings (SSSR count). The zero-order valence-corrected chi connectivity index (χ0v) is 28.9. The highest BCUT2D eigenvalue weighted by Gasteiger charge is 2.63. The van der Waals surface area contributed by atoms with Gasteiger partial charge < -0.3 is 37.8 Å². The summed E-state index contributed by atoms with van der Waals surface area (Å²) >= 11 is 6.64. The van der Waals surface area contributed by atoms with Gasteiger partial charge >= 0.3 is 0 Å². The average Bonchev–Trinajstić information content (AvgIpc) is 3.87. The molecule has 3 aliphatic rings. The quantitative estimate of drug-likeness (QED) is 0.214. The molecule has 4 heterocycles. The third-order valence-corrected chi connectivity index (χ3v) is 10.1. The standard InChI is InChI=1S/C37H37ClN2O10/c1-20-16-27-30(35(42)37(20)36(43)31-26(45-3)18-28(46-4)32(38)34(31)50-37)23(33(49-27)21-7-9-22(44-2)10-8-21)17-29(41)39-19-24(25-6-5-13-48-25)40-11-14-47-15-12-40/h5-10,13,18,20,24H,11-12,14-17,19H2,1-4H3,(H,39,41)/t20-,24?,37+/m1/s1. The summed E-state index contributed by atoms with van der Waals surface area (Å²) in [6.07, 6.45) is 1.58. The van der Waals surface area contributed by atoms with E-state index in [1.807, 2.05) is 12.1 Å². The summed E-state index contributed by atoms with van der Waals surface area (Å²) in [5, 5.41) is 3.10. The molecule has 13 heteroatoms. The number of carbonyl (C=O) groups is 3. The molecule has 2 aromatic heterocycles. The van der Waals surface area contributed by atoms with Crippen LogP contribution in [0.4, 0.5) is 0 Å². The smallest absolute Gasteiger partial charge is 0.237 e. The second kappa shape index (κ2) is 13.5. The van der Waals surface area contributed by atoms with Gasteiger partial charge in [-0.1, -0.05) is 18.5 Å². The molecule has 262 valence electrons. The predicted octanol–water partition coefficient (Wildman–Crippen LogP) is 5.34. The fourth-order valence-electron chi connectivity index (χ4n) is 7.19. The lowest BCUT2D eigenvalue weighted by atomic mass is 9.70. The average molecular weight is 705 g/mol. The zero-order valence-electron chi connectivity index (χ0n) is 28.1. The third kappa shape index (κ3) is 5.51. The molecule has 4 aromatic rings. The maximum atomic E-state index is 14.9. The van der Waals surface area contributed by atoms with Gasteiger partial charge in [0.25, 0.3) is 0 Å². The highest BCUT2D eigenvalue weighted by Crippen LogP contribution is 2.54. The van der Waals surface area contributed by atoms with Crippen LogP contribution in [0.5, 0.6) is 23.0 Å². The van der Waals surface area contributed by atoms with Crippen LogP contribution in [-0.4, -0.2) is 82.2 Å². The van der Waals surface area contributed by atoms with Crippen molar-refractivity contribution in [3.63, 3.8) is 0 Å². The van der Waals surface area contributed by atoms with Gasteiger partial charge in [0.05, 0.1) is 58.8 Å².